The van der Waals surface area contributed by atoms with Crippen LogP contribution in [-0.4, -0.2) is 17.5 Å². The third kappa shape index (κ3) is 3.18. The molecule has 138 valence electrons. The Balaban J connectivity index is 1.84. The maximum Gasteiger partial charge on any atom is 0.211 e. The molecule has 1 aromatic heterocycles. The van der Waals surface area contributed by atoms with E-state index in [2.05, 4.69) is 10.2 Å². The first-order chi connectivity index (χ1) is 13.7. The summed E-state index contributed by atoms with van der Waals surface area (Å²) in [6.07, 6.45) is 0. The summed E-state index contributed by atoms with van der Waals surface area (Å²) in [5, 5.41) is 9.72. The molecule has 0 bridgehead atoms. The van der Waals surface area contributed by atoms with Crippen LogP contribution in [0.25, 0.3) is 10.9 Å². The number of nitrogens with zero attached hydrogens (tertiary/aromatic N) is 3. The van der Waals surface area contributed by atoms with Crippen molar-refractivity contribution >= 4 is 28.1 Å². The van der Waals surface area contributed by atoms with Crippen molar-refractivity contribution in [1.82, 2.24) is 4.57 Å². The molecule has 0 N–H and O–H groups in total. The molecule has 0 saturated carbocycles. The molecule has 28 heavy (non-hydrogen) atoms. The smallest absolute Gasteiger partial charge is 0.211 e. The van der Waals surface area contributed by atoms with Crippen LogP contribution in [0, 0.1) is 0 Å². The zero-order valence-electron chi connectivity index (χ0n) is 15.7. The number of rotatable bonds is 5. The Morgan fingerprint density at radius 2 is 1.54 bits per heavy atom. The van der Waals surface area contributed by atoms with Gasteiger partial charge in [0.1, 0.15) is 17.1 Å². The van der Waals surface area contributed by atoms with Crippen molar-refractivity contribution in [2.75, 3.05) is 7.11 Å². The number of ketones is 1. The van der Waals surface area contributed by atoms with E-state index in [1.54, 1.807) is 7.11 Å². The zero-order chi connectivity index (χ0) is 19.5. The summed E-state index contributed by atoms with van der Waals surface area (Å²) in [5.41, 5.74) is 3.33. The first-order valence-electron chi connectivity index (χ1n) is 8.92. The van der Waals surface area contributed by atoms with Crippen LogP contribution in [0.15, 0.2) is 89.1 Å². The summed E-state index contributed by atoms with van der Waals surface area (Å²) in [6, 6.07) is 24.3. The summed E-state index contributed by atoms with van der Waals surface area (Å²) in [4.78, 5) is 13.2. The van der Waals surface area contributed by atoms with Crippen molar-refractivity contribution in [2.24, 2.45) is 17.3 Å². The third-order valence-electron chi connectivity index (χ3n) is 4.67. The molecule has 0 saturated heterocycles. The SMILES string of the molecule is COc1ccc(/N=N/c2c(C(=O)c3ccccc3)n(C)c3ccccc23)cc1. The number of benzene rings is 3. The minimum Gasteiger partial charge on any atom is -0.497 e. The van der Waals surface area contributed by atoms with Crippen molar-refractivity contribution in [3.8, 4) is 5.75 Å². The normalized spacial score (nSPS) is 11.2. The Kier molecular flexibility index (Phi) is 4.72. The molecular weight excluding hydrogens is 350 g/mol. The Bertz CT molecular complexity index is 1160. The lowest BCUT2D eigenvalue weighted by molar-refractivity contribution is 0.103. The van der Waals surface area contributed by atoms with Gasteiger partial charge in [0, 0.05) is 18.0 Å². The molecule has 4 rings (SSSR count). The number of para-hydroxylation sites is 1. The van der Waals surface area contributed by atoms with Crippen LogP contribution >= 0.6 is 0 Å². The average molecular weight is 369 g/mol. The lowest BCUT2D eigenvalue weighted by atomic mass is 10.1. The van der Waals surface area contributed by atoms with Crippen LogP contribution in [0.3, 0.4) is 0 Å². The molecular formula is C23H19N3O2. The van der Waals surface area contributed by atoms with Gasteiger partial charge in [0.2, 0.25) is 5.78 Å². The van der Waals surface area contributed by atoms with Crippen LogP contribution in [0.5, 0.6) is 5.75 Å². The second-order valence-electron chi connectivity index (χ2n) is 6.37. The second kappa shape index (κ2) is 7.48. The summed E-state index contributed by atoms with van der Waals surface area (Å²) in [7, 11) is 3.50. The molecule has 0 unspecified atom stereocenters. The Morgan fingerprint density at radius 1 is 0.857 bits per heavy atom. The van der Waals surface area contributed by atoms with E-state index in [1.165, 1.54) is 0 Å². The molecule has 0 atom stereocenters. The largest absolute Gasteiger partial charge is 0.497 e. The van der Waals surface area contributed by atoms with E-state index in [1.807, 2.05) is 90.5 Å². The fourth-order valence-electron chi connectivity index (χ4n) is 3.22. The maximum atomic E-state index is 13.2. The molecule has 0 fully saturated rings. The van der Waals surface area contributed by atoms with Gasteiger partial charge in [0.15, 0.2) is 0 Å². The van der Waals surface area contributed by atoms with Gasteiger partial charge in [-0.25, -0.2) is 0 Å². The summed E-state index contributed by atoms with van der Waals surface area (Å²) in [5.74, 6) is 0.673. The Morgan fingerprint density at radius 3 is 2.25 bits per heavy atom. The van der Waals surface area contributed by atoms with Crippen molar-refractivity contribution in [1.29, 1.82) is 0 Å². The van der Waals surface area contributed by atoms with E-state index >= 15 is 0 Å². The molecule has 0 spiro atoms. The minimum absolute atomic E-state index is 0.0806. The quantitative estimate of drug-likeness (QED) is 0.328. The van der Waals surface area contributed by atoms with E-state index < -0.39 is 0 Å². The van der Waals surface area contributed by atoms with Gasteiger partial charge in [0.05, 0.1) is 18.3 Å². The fraction of sp³-hybridized carbons (Fsp3) is 0.0870. The lowest BCUT2D eigenvalue weighted by Gasteiger charge is -2.04. The highest BCUT2D eigenvalue weighted by Gasteiger charge is 2.22. The van der Waals surface area contributed by atoms with Crippen LogP contribution in [-0.2, 0) is 7.05 Å². The van der Waals surface area contributed by atoms with Crippen molar-refractivity contribution in [2.45, 2.75) is 0 Å². The van der Waals surface area contributed by atoms with E-state index in [0.29, 0.717) is 22.6 Å². The number of methoxy groups -OCH3 is 1. The average Bonchev–Trinajstić information content (AvgIpc) is 3.04. The van der Waals surface area contributed by atoms with Gasteiger partial charge in [-0.3, -0.25) is 4.79 Å². The Labute approximate surface area is 162 Å². The zero-order valence-corrected chi connectivity index (χ0v) is 15.7. The first kappa shape index (κ1) is 17.7. The van der Waals surface area contributed by atoms with Crippen molar-refractivity contribution in [3.63, 3.8) is 0 Å². The van der Waals surface area contributed by atoms with E-state index in [0.717, 1.165) is 16.7 Å². The number of fused-ring (bicyclic) bond motifs is 1. The van der Waals surface area contributed by atoms with Crippen LogP contribution in [0.2, 0.25) is 0 Å². The molecule has 0 aliphatic rings. The molecule has 0 aliphatic carbocycles. The van der Waals surface area contributed by atoms with Crippen LogP contribution < -0.4 is 4.74 Å². The number of azo groups is 1. The number of carbonyl (C=O) groups excluding carboxylic acids is 1. The van der Waals surface area contributed by atoms with Gasteiger partial charge in [-0.1, -0.05) is 48.5 Å². The van der Waals surface area contributed by atoms with Gasteiger partial charge < -0.3 is 9.30 Å². The van der Waals surface area contributed by atoms with E-state index in [4.69, 9.17) is 4.74 Å². The van der Waals surface area contributed by atoms with Crippen molar-refractivity contribution in [3.05, 3.63) is 90.1 Å². The van der Waals surface area contributed by atoms with Crippen LogP contribution in [0.1, 0.15) is 16.1 Å². The number of aromatic nitrogens is 1. The predicted molar refractivity (Wildman–Crippen MR) is 110 cm³/mol. The lowest BCUT2D eigenvalue weighted by Crippen LogP contribution is -2.07. The van der Waals surface area contributed by atoms with Gasteiger partial charge in [-0.05, 0) is 30.3 Å². The third-order valence-corrected chi connectivity index (χ3v) is 4.67. The van der Waals surface area contributed by atoms with E-state index in [-0.39, 0.29) is 5.78 Å². The van der Waals surface area contributed by atoms with Gasteiger partial charge in [-0.15, -0.1) is 5.11 Å². The first-order valence-corrected chi connectivity index (χ1v) is 8.92. The standard InChI is InChI=1S/C23H19N3O2/c1-26-20-11-7-6-10-19(20)21(22(26)23(27)16-8-4-3-5-9-16)25-24-17-12-14-18(28-2)15-13-17/h3-15H,1-2H3/b25-24+. The second-order valence-corrected chi connectivity index (χ2v) is 6.37. The van der Waals surface area contributed by atoms with Gasteiger partial charge in [0.25, 0.3) is 0 Å². The molecule has 0 amide bonds. The van der Waals surface area contributed by atoms with Crippen LogP contribution in [0.4, 0.5) is 11.4 Å². The molecule has 5 nitrogen and oxygen atoms in total. The van der Waals surface area contributed by atoms with Gasteiger partial charge in [-0.2, -0.15) is 5.11 Å². The number of carbonyl (C=O) groups is 1. The summed E-state index contributed by atoms with van der Waals surface area (Å²) in [6.45, 7) is 0. The number of aryl methyl sites for hydroxylation is 1. The van der Waals surface area contributed by atoms with Crippen molar-refractivity contribution < 1.29 is 9.53 Å². The molecule has 4 aromatic rings. The topological polar surface area (TPSA) is 56.0 Å². The summed E-state index contributed by atoms with van der Waals surface area (Å²) >= 11 is 0. The highest BCUT2D eigenvalue weighted by Crippen LogP contribution is 2.35. The fourth-order valence-corrected chi connectivity index (χ4v) is 3.22. The highest BCUT2D eigenvalue weighted by atomic mass is 16.5. The summed E-state index contributed by atoms with van der Waals surface area (Å²) < 4.78 is 7.05. The van der Waals surface area contributed by atoms with Gasteiger partial charge >= 0.3 is 0 Å². The number of hydrogen-bond donors (Lipinski definition) is 0. The maximum absolute atomic E-state index is 13.2. The monoisotopic (exact) mass is 369 g/mol. The molecule has 5 heteroatoms. The molecule has 0 aliphatic heterocycles. The number of hydrogen-bond acceptors (Lipinski definition) is 4. The molecule has 0 radical (unpaired) electrons. The Hall–Kier alpha value is -3.73. The minimum atomic E-state index is -0.0806. The number of ether oxygens (including phenoxy) is 1. The van der Waals surface area contributed by atoms with E-state index in [9.17, 15) is 4.79 Å². The highest BCUT2D eigenvalue weighted by molar-refractivity contribution is 6.15. The predicted octanol–water partition coefficient (Wildman–Crippen LogP) is 5.83. The molecule has 1 heterocycles. The molecule has 3 aromatic carbocycles.